The fourth-order valence-electron chi connectivity index (χ4n) is 2.58. The summed E-state index contributed by atoms with van der Waals surface area (Å²) in [5.41, 5.74) is 2.04. The van der Waals surface area contributed by atoms with Crippen LogP contribution in [0.2, 0.25) is 0 Å². The average Bonchev–Trinajstić information content (AvgIpc) is 2.99. The normalized spacial score (nSPS) is 13.2. The zero-order valence-electron chi connectivity index (χ0n) is 10.6. The maximum Gasteiger partial charge on any atom is 0.263 e. The van der Waals surface area contributed by atoms with Crippen molar-refractivity contribution >= 4 is 11.0 Å². The lowest BCUT2D eigenvalue weighted by Crippen LogP contribution is -2.22. The molecule has 3 aromatic rings. The summed E-state index contributed by atoms with van der Waals surface area (Å²) in [6, 6.07) is 9.17. The van der Waals surface area contributed by atoms with Gasteiger partial charge in [0.25, 0.3) is 5.56 Å². The number of nitrogens with zero attached hydrogens (tertiary/aromatic N) is 3. The SMILES string of the molecule is O=c1c2c(c3ncccc3n1-c1ccccn1)OCC2. The van der Waals surface area contributed by atoms with Crippen LogP contribution in [0.5, 0.6) is 5.75 Å². The third-order valence-corrected chi connectivity index (χ3v) is 3.45. The van der Waals surface area contributed by atoms with Gasteiger partial charge in [-0.25, -0.2) is 4.98 Å². The fourth-order valence-corrected chi connectivity index (χ4v) is 2.58. The second-order valence-corrected chi connectivity index (χ2v) is 4.61. The molecule has 0 fully saturated rings. The van der Waals surface area contributed by atoms with Crippen molar-refractivity contribution < 1.29 is 4.74 Å². The first-order valence-corrected chi connectivity index (χ1v) is 6.43. The van der Waals surface area contributed by atoms with Gasteiger partial charge < -0.3 is 4.74 Å². The number of pyridine rings is 3. The third-order valence-electron chi connectivity index (χ3n) is 3.45. The van der Waals surface area contributed by atoms with Gasteiger partial charge in [-0.2, -0.15) is 0 Å². The zero-order valence-corrected chi connectivity index (χ0v) is 10.6. The zero-order chi connectivity index (χ0) is 13.5. The molecule has 1 aliphatic heterocycles. The van der Waals surface area contributed by atoms with Crippen molar-refractivity contribution in [2.45, 2.75) is 6.42 Å². The maximum atomic E-state index is 12.7. The second kappa shape index (κ2) is 4.16. The standard InChI is InChI=1S/C15H11N3O2/c19-15-10-6-9-20-14(10)13-11(4-3-8-17-13)18(15)12-5-1-2-7-16-12/h1-5,7-8H,6,9H2. The van der Waals surface area contributed by atoms with Gasteiger partial charge in [0.05, 0.1) is 17.7 Å². The van der Waals surface area contributed by atoms with Gasteiger partial charge in [-0.3, -0.25) is 14.3 Å². The maximum absolute atomic E-state index is 12.7. The Morgan fingerprint density at radius 1 is 1.10 bits per heavy atom. The number of hydrogen-bond donors (Lipinski definition) is 0. The molecule has 0 N–H and O–H groups in total. The predicted molar refractivity (Wildman–Crippen MR) is 74.3 cm³/mol. The van der Waals surface area contributed by atoms with Crippen molar-refractivity contribution in [3.63, 3.8) is 0 Å². The van der Waals surface area contributed by atoms with Crippen molar-refractivity contribution in [2.24, 2.45) is 0 Å². The number of rotatable bonds is 1. The third kappa shape index (κ3) is 1.46. The quantitative estimate of drug-likeness (QED) is 0.672. The minimum absolute atomic E-state index is 0.0725. The van der Waals surface area contributed by atoms with Gasteiger partial charge in [-0.1, -0.05) is 6.07 Å². The van der Waals surface area contributed by atoms with E-state index in [2.05, 4.69) is 9.97 Å². The highest BCUT2D eigenvalue weighted by atomic mass is 16.5. The highest BCUT2D eigenvalue weighted by molar-refractivity contribution is 5.84. The minimum atomic E-state index is -0.0725. The molecule has 0 unspecified atom stereocenters. The monoisotopic (exact) mass is 265 g/mol. The Balaban J connectivity index is 2.19. The van der Waals surface area contributed by atoms with Gasteiger partial charge in [0.15, 0.2) is 5.75 Å². The van der Waals surface area contributed by atoms with E-state index < -0.39 is 0 Å². The van der Waals surface area contributed by atoms with Gasteiger partial charge >= 0.3 is 0 Å². The van der Waals surface area contributed by atoms with E-state index in [1.165, 1.54) is 0 Å². The predicted octanol–water partition coefficient (Wildman–Crippen LogP) is 1.72. The van der Waals surface area contributed by atoms with E-state index in [9.17, 15) is 4.79 Å². The molecule has 0 bridgehead atoms. The topological polar surface area (TPSA) is 57.0 Å². The van der Waals surface area contributed by atoms with Crippen LogP contribution in [-0.2, 0) is 6.42 Å². The molecule has 98 valence electrons. The molecule has 4 heterocycles. The van der Waals surface area contributed by atoms with Crippen LogP contribution in [0.15, 0.2) is 47.5 Å². The van der Waals surface area contributed by atoms with Gasteiger partial charge in [-0.15, -0.1) is 0 Å². The molecule has 0 amide bonds. The van der Waals surface area contributed by atoms with Crippen molar-refractivity contribution in [1.29, 1.82) is 0 Å². The molecule has 1 aliphatic rings. The van der Waals surface area contributed by atoms with Crippen molar-refractivity contribution in [3.8, 4) is 11.6 Å². The molecule has 5 nitrogen and oxygen atoms in total. The van der Waals surface area contributed by atoms with Gasteiger partial charge in [0.1, 0.15) is 11.3 Å². The van der Waals surface area contributed by atoms with Crippen molar-refractivity contribution in [3.05, 3.63) is 58.6 Å². The van der Waals surface area contributed by atoms with E-state index in [0.29, 0.717) is 35.7 Å². The molecule has 0 aliphatic carbocycles. The lowest BCUT2D eigenvalue weighted by molar-refractivity contribution is 0.359. The van der Waals surface area contributed by atoms with Crippen LogP contribution >= 0.6 is 0 Å². The van der Waals surface area contributed by atoms with Crippen molar-refractivity contribution in [1.82, 2.24) is 14.5 Å². The number of fused-ring (bicyclic) bond motifs is 3. The molecule has 0 aromatic carbocycles. The summed E-state index contributed by atoms with van der Waals surface area (Å²) in [6.45, 7) is 0.530. The molecule has 0 saturated heterocycles. The number of aromatic nitrogens is 3. The van der Waals surface area contributed by atoms with E-state index in [4.69, 9.17) is 4.74 Å². The van der Waals surface area contributed by atoms with E-state index >= 15 is 0 Å². The first-order valence-electron chi connectivity index (χ1n) is 6.43. The van der Waals surface area contributed by atoms with Crippen LogP contribution in [0.1, 0.15) is 5.56 Å². The highest BCUT2D eigenvalue weighted by Gasteiger charge is 2.23. The summed E-state index contributed by atoms with van der Waals surface area (Å²) in [6.07, 6.45) is 4.00. The van der Waals surface area contributed by atoms with Crippen LogP contribution in [0, 0.1) is 0 Å². The van der Waals surface area contributed by atoms with E-state index in [-0.39, 0.29) is 5.56 Å². The Bertz CT molecular complexity index is 856. The Morgan fingerprint density at radius 3 is 2.85 bits per heavy atom. The van der Waals surface area contributed by atoms with Crippen molar-refractivity contribution in [2.75, 3.05) is 6.61 Å². The second-order valence-electron chi connectivity index (χ2n) is 4.61. The molecule has 0 spiro atoms. The van der Waals surface area contributed by atoms with Crippen LogP contribution in [0.4, 0.5) is 0 Å². The first kappa shape index (κ1) is 11.2. The minimum Gasteiger partial charge on any atom is -0.490 e. The van der Waals surface area contributed by atoms with Crippen LogP contribution in [-0.4, -0.2) is 21.1 Å². The Labute approximate surface area is 114 Å². The number of ether oxygens (including phenoxy) is 1. The summed E-state index contributed by atoms with van der Waals surface area (Å²) in [5.74, 6) is 1.22. The molecule has 20 heavy (non-hydrogen) atoms. The van der Waals surface area contributed by atoms with Gasteiger partial charge in [0, 0.05) is 18.8 Å². The summed E-state index contributed by atoms with van der Waals surface area (Å²) in [7, 11) is 0. The Morgan fingerprint density at radius 2 is 2.00 bits per heavy atom. The van der Waals surface area contributed by atoms with Gasteiger partial charge in [0.2, 0.25) is 0 Å². The Hall–Kier alpha value is -2.69. The molecular weight excluding hydrogens is 254 g/mol. The fraction of sp³-hybridized carbons (Fsp3) is 0.133. The summed E-state index contributed by atoms with van der Waals surface area (Å²) >= 11 is 0. The molecule has 0 atom stereocenters. The van der Waals surface area contributed by atoms with Crippen LogP contribution < -0.4 is 10.3 Å². The molecule has 0 saturated carbocycles. The number of hydrogen-bond acceptors (Lipinski definition) is 4. The lowest BCUT2D eigenvalue weighted by Gasteiger charge is -2.11. The van der Waals surface area contributed by atoms with Crippen LogP contribution in [0.25, 0.3) is 16.9 Å². The first-order chi connectivity index (χ1) is 9.86. The molecule has 0 radical (unpaired) electrons. The molecular formula is C15H11N3O2. The smallest absolute Gasteiger partial charge is 0.263 e. The van der Waals surface area contributed by atoms with E-state index in [1.54, 1.807) is 17.0 Å². The van der Waals surface area contributed by atoms with Gasteiger partial charge in [-0.05, 0) is 24.3 Å². The lowest BCUT2D eigenvalue weighted by atomic mass is 10.1. The largest absolute Gasteiger partial charge is 0.490 e. The van der Waals surface area contributed by atoms with Crippen LogP contribution in [0.3, 0.4) is 0 Å². The Kier molecular flexibility index (Phi) is 2.32. The average molecular weight is 265 g/mol. The molecule has 3 aromatic heterocycles. The molecule has 4 rings (SSSR count). The van der Waals surface area contributed by atoms with E-state index in [1.807, 2.05) is 30.3 Å². The summed E-state index contributed by atoms with van der Waals surface area (Å²) in [4.78, 5) is 21.3. The molecule has 5 heteroatoms. The summed E-state index contributed by atoms with van der Waals surface area (Å²) in [5, 5.41) is 0. The highest BCUT2D eigenvalue weighted by Crippen LogP contribution is 2.30. The van der Waals surface area contributed by atoms with E-state index in [0.717, 1.165) is 5.52 Å². The summed E-state index contributed by atoms with van der Waals surface area (Å²) < 4.78 is 7.19.